The zero-order valence-electron chi connectivity index (χ0n) is 9.56. The summed E-state index contributed by atoms with van der Waals surface area (Å²) in [4.78, 5) is 1.63. The van der Waals surface area contributed by atoms with Crippen molar-refractivity contribution in [2.24, 2.45) is 0 Å². The molecular weight excluding hydrogens is 243 g/mol. The molecule has 1 atom stereocenters. The van der Waals surface area contributed by atoms with Gasteiger partial charge in [-0.2, -0.15) is 0 Å². The SMILES string of the molecule is CN(c1c(N)cccc1F)C1CCS(=O)(=O)C1. The van der Waals surface area contributed by atoms with Crippen molar-refractivity contribution in [2.75, 3.05) is 29.2 Å². The number of para-hydroxylation sites is 1. The van der Waals surface area contributed by atoms with Crippen molar-refractivity contribution in [3.8, 4) is 0 Å². The van der Waals surface area contributed by atoms with Gasteiger partial charge in [0.05, 0.1) is 22.9 Å². The number of benzene rings is 1. The van der Waals surface area contributed by atoms with Gasteiger partial charge < -0.3 is 10.6 Å². The monoisotopic (exact) mass is 258 g/mol. The number of hydrogen-bond donors (Lipinski definition) is 1. The Labute approximate surface area is 100 Å². The molecule has 0 amide bonds. The van der Waals surface area contributed by atoms with Crippen LogP contribution >= 0.6 is 0 Å². The van der Waals surface area contributed by atoms with E-state index in [1.165, 1.54) is 12.1 Å². The molecular formula is C11H15FN2O2S. The fraction of sp³-hybridized carbons (Fsp3) is 0.455. The first-order valence-electron chi connectivity index (χ1n) is 5.38. The van der Waals surface area contributed by atoms with Crippen LogP contribution in [0.2, 0.25) is 0 Å². The lowest BCUT2D eigenvalue weighted by Gasteiger charge is -2.27. The van der Waals surface area contributed by atoms with Gasteiger partial charge in [0.2, 0.25) is 0 Å². The van der Waals surface area contributed by atoms with Crippen molar-refractivity contribution in [3.63, 3.8) is 0 Å². The molecule has 1 fully saturated rings. The molecule has 1 aromatic carbocycles. The van der Waals surface area contributed by atoms with Gasteiger partial charge in [-0.05, 0) is 18.6 Å². The van der Waals surface area contributed by atoms with E-state index in [9.17, 15) is 12.8 Å². The van der Waals surface area contributed by atoms with Gasteiger partial charge in [0.25, 0.3) is 0 Å². The summed E-state index contributed by atoms with van der Waals surface area (Å²) < 4.78 is 36.5. The summed E-state index contributed by atoms with van der Waals surface area (Å²) >= 11 is 0. The quantitative estimate of drug-likeness (QED) is 0.805. The lowest BCUT2D eigenvalue weighted by molar-refractivity contribution is 0.597. The van der Waals surface area contributed by atoms with Gasteiger partial charge in [-0.15, -0.1) is 0 Å². The Bertz CT molecular complexity index is 510. The van der Waals surface area contributed by atoms with E-state index in [0.717, 1.165) is 0 Å². The van der Waals surface area contributed by atoms with E-state index in [-0.39, 0.29) is 23.2 Å². The summed E-state index contributed by atoms with van der Waals surface area (Å²) in [6.45, 7) is 0. The highest BCUT2D eigenvalue weighted by Crippen LogP contribution is 2.30. The van der Waals surface area contributed by atoms with E-state index in [1.807, 2.05) is 0 Å². The van der Waals surface area contributed by atoms with Crippen molar-refractivity contribution in [1.82, 2.24) is 0 Å². The van der Waals surface area contributed by atoms with Gasteiger partial charge in [-0.1, -0.05) is 6.07 Å². The Kier molecular flexibility index (Phi) is 2.99. The summed E-state index contributed by atoms with van der Waals surface area (Å²) in [5, 5.41) is 0. The van der Waals surface area contributed by atoms with E-state index < -0.39 is 15.7 Å². The molecule has 0 spiro atoms. The summed E-state index contributed by atoms with van der Waals surface area (Å²) in [7, 11) is -1.30. The molecule has 0 aliphatic carbocycles. The third-order valence-electron chi connectivity index (χ3n) is 3.13. The Morgan fingerprint density at radius 1 is 1.47 bits per heavy atom. The third-order valence-corrected chi connectivity index (χ3v) is 4.88. The summed E-state index contributed by atoms with van der Waals surface area (Å²) in [5.74, 6) is -0.190. The minimum Gasteiger partial charge on any atom is -0.397 e. The van der Waals surface area contributed by atoms with E-state index in [1.54, 1.807) is 18.0 Å². The van der Waals surface area contributed by atoms with Crippen LogP contribution in [0.5, 0.6) is 0 Å². The second-order valence-corrected chi connectivity index (χ2v) is 6.57. The average Bonchev–Trinajstić information content (AvgIpc) is 2.58. The molecule has 1 unspecified atom stereocenters. The van der Waals surface area contributed by atoms with Crippen LogP contribution in [-0.2, 0) is 9.84 Å². The number of nitrogens with zero attached hydrogens (tertiary/aromatic N) is 1. The molecule has 2 N–H and O–H groups in total. The average molecular weight is 258 g/mol. The van der Waals surface area contributed by atoms with Crippen LogP contribution in [0, 0.1) is 5.82 Å². The number of rotatable bonds is 2. The van der Waals surface area contributed by atoms with Gasteiger partial charge in [-0.25, -0.2) is 12.8 Å². The molecule has 94 valence electrons. The predicted molar refractivity (Wildman–Crippen MR) is 66.3 cm³/mol. The van der Waals surface area contributed by atoms with Crippen molar-refractivity contribution >= 4 is 21.2 Å². The number of hydrogen-bond acceptors (Lipinski definition) is 4. The number of nitrogen functional groups attached to an aromatic ring is 1. The van der Waals surface area contributed by atoms with Crippen LogP contribution in [0.1, 0.15) is 6.42 Å². The molecule has 17 heavy (non-hydrogen) atoms. The predicted octanol–water partition coefficient (Wildman–Crippen LogP) is 1.03. The molecule has 1 aliphatic heterocycles. The van der Waals surface area contributed by atoms with Gasteiger partial charge >= 0.3 is 0 Å². The minimum absolute atomic E-state index is 0.0667. The molecule has 2 rings (SSSR count). The molecule has 1 aromatic rings. The molecule has 1 saturated heterocycles. The first-order valence-corrected chi connectivity index (χ1v) is 7.20. The van der Waals surface area contributed by atoms with Crippen molar-refractivity contribution in [3.05, 3.63) is 24.0 Å². The molecule has 1 aliphatic rings. The van der Waals surface area contributed by atoms with Crippen LogP contribution in [-0.4, -0.2) is 33.0 Å². The summed E-state index contributed by atoms with van der Waals surface area (Å²) in [5.41, 5.74) is 6.34. The molecule has 6 heteroatoms. The van der Waals surface area contributed by atoms with Gasteiger partial charge in [-0.3, -0.25) is 0 Å². The zero-order chi connectivity index (χ0) is 12.6. The van der Waals surface area contributed by atoms with E-state index in [0.29, 0.717) is 12.1 Å². The van der Waals surface area contributed by atoms with E-state index in [4.69, 9.17) is 5.73 Å². The molecule has 1 heterocycles. The van der Waals surface area contributed by atoms with Gasteiger partial charge in [0.15, 0.2) is 9.84 Å². The molecule has 0 radical (unpaired) electrons. The fourth-order valence-corrected chi connectivity index (χ4v) is 3.94. The standard InChI is InChI=1S/C11H15FN2O2S/c1-14(8-5-6-17(15,16)7-8)11-9(12)3-2-4-10(11)13/h2-4,8H,5-7,13H2,1H3. The number of halogens is 1. The van der Waals surface area contributed by atoms with Crippen LogP contribution < -0.4 is 10.6 Å². The van der Waals surface area contributed by atoms with Gasteiger partial charge in [0.1, 0.15) is 5.82 Å². The fourth-order valence-electron chi connectivity index (χ4n) is 2.17. The highest BCUT2D eigenvalue weighted by Gasteiger charge is 2.32. The van der Waals surface area contributed by atoms with Crippen LogP contribution in [0.4, 0.5) is 15.8 Å². The van der Waals surface area contributed by atoms with E-state index >= 15 is 0 Å². The number of anilines is 2. The van der Waals surface area contributed by atoms with Crippen LogP contribution in [0.3, 0.4) is 0 Å². The highest BCUT2D eigenvalue weighted by molar-refractivity contribution is 7.91. The number of sulfone groups is 1. The Morgan fingerprint density at radius 2 is 2.18 bits per heavy atom. The lowest BCUT2D eigenvalue weighted by atomic mass is 10.2. The van der Waals surface area contributed by atoms with E-state index in [2.05, 4.69) is 0 Å². The summed E-state index contributed by atoms with van der Waals surface area (Å²) in [6.07, 6.45) is 0.520. The topological polar surface area (TPSA) is 63.4 Å². The largest absolute Gasteiger partial charge is 0.397 e. The molecule has 0 saturated carbocycles. The molecule has 4 nitrogen and oxygen atoms in total. The van der Waals surface area contributed by atoms with Gasteiger partial charge in [0, 0.05) is 13.1 Å². The maximum Gasteiger partial charge on any atom is 0.152 e. The van der Waals surface area contributed by atoms with Crippen LogP contribution in [0.25, 0.3) is 0 Å². The first kappa shape index (κ1) is 12.2. The third kappa shape index (κ3) is 2.36. The summed E-state index contributed by atoms with van der Waals surface area (Å²) in [6, 6.07) is 4.27. The second-order valence-electron chi connectivity index (χ2n) is 4.35. The maximum atomic E-state index is 13.7. The Balaban J connectivity index is 2.29. The minimum atomic E-state index is -2.98. The highest BCUT2D eigenvalue weighted by atomic mass is 32.2. The maximum absolute atomic E-state index is 13.7. The normalized spacial score (nSPS) is 22.6. The van der Waals surface area contributed by atoms with Crippen LogP contribution in [0.15, 0.2) is 18.2 Å². The smallest absolute Gasteiger partial charge is 0.152 e. The number of nitrogens with two attached hydrogens (primary N) is 1. The molecule has 0 aromatic heterocycles. The Morgan fingerprint density at radius 3 is 2.71 bits per heavy atom. The van der Waals surface area contributed by atoms with Crippen molar-refractivity contribution < 1.29 is 12.8 Å². The first-order chi connectivity index (χ1) is 7.91. The van der Waals surface area contributed by atoms with Crippen molar-refractivity contribution in [1.29, 1.82) is 0 Å². The second kappa shape index (κ2) is 4.18. The Hall–Kier alpha value is -1.30. The van der Waals surface area contributed by atoms with Crippen molar-refractivity contribution in [2.45, 2.75) is 12.5 Å². The lowest BCUT2D eigenvalue weighted by Crippen LogP contribution is -2.33. The molecule has 0 bridgehead atoms. The zero-order valence-corrected chi connectivity index (χ0v) is 10.4.